The molecule has 0 bridgehead atoms. The molecule has 0 aliphatic carbocycles. The molecule has 1 aliphatic rings. The highest BCUT2D eigenvalue weighted by atomic mass is 35.5. The number of pyridine rings is 2. The van der Waals surface area contributed by atoms with Gasteiger partial charge in [0.05, 0.1) is 7.11 Å². The molecule has 6 nitrogen and oxygen atoms in total. The molecule has 1 aliphatic heterocycles. The number of rotatable bonds is 5. The second kappa shape index (κ2) is 9.26. The summed E-state index contributed by atoms with van der Waals surface area (Å²) in [5.74, 6) is 1.90. The molecule has 0 amide bonds. The first-order valence-corrected chi connectivity index (χ1v) is 11.1. The maximum Gasteiger partial charge on any atom is 0.248 e. The first kappa shape index (κ1) is 21.6. The molecule has 3 aromatic heterocycles. The van der Waals surface area contributed by atoms with Crippen LogP contribution >= 0.6 is 23.7 Å². The first-order chi connectivity index (χ1) is 14.7. The number of nitrogens with zero attached hydrogens (tertiary/aromatic N) is 3. The maximum absolute atomic E-state index is 12.1. The standard InChI is InChI=1S/C23H24N4O2S.ClH/c1-29-17-2-3-20-19(15-17)16(14-22(28)25-20)5-8-26-9-11-27(12-10-26)23-18-6-13-30-21(18)4-7-24-23;/h2-4,6-7,13-15H,5,8-12H2,1H3,(H,25,28);1H. The van der Waals surface area contributed by atoms with E-state index < -0.39 is 0 Å². The van der Waals surface area contributed by atoms with Gasteiger partial charge in [0.15, 0.2) is 0 Å². The lowest BCUT2D eigenvalue weighted by Crippen LogP contribution is -2.47. The van der Waals surface area contributed by atoms with E-state index >= 15 is 0 Å². The summed E-state index contributed by atoms with van der Waals surface area (Å²) in [6.45, 7) is 4.84. The quantitative estimate of drug-likeness (QED) is 0.493. The van der Waals surface area contributed by atoms with Crippen LogP contribution in [-0.2, 0) is 6.42 Å². The van der Waals surface area contributed by atoms with E-state index in [9.17, 15) is 4.79 Å². The van der Waals surface area contributed by atoms with Crippen molar-refractivity contribution in [1.29, 1.82) is 0 Å². The van der Waals surface area contributed by atoms with Crippen LogP contribution in [0.25, 0.3) is 21.0 Å². The van der Waals surface area contributed by atoms with Crippen molar-refractivity contribution in [3.8, 4) is 5.75 Å². The molecular weight excluding hydrogens is 432 g/mol. The molecule has 0 saturated carbocycles. The van der Waals surface area contributed by atoms with E-state index in [0.717, 1.165) is 67.2 Å². The van der Waals surface area contributed by atoms with Gasteiger partial charge in [-0.25, -0.2) is 4.98 Å². The zero-order chi connectivity index (χ0) is 20.5. The Morgan fingerprint density at radius 3 is 2.74 bits per heavy atom. The summed E-state index contributed by atoms with van der Waals surface area (Å²) in [6, 6.07) is 11.8. The van der Waals surface area contributed by atoms with Gasteiger partial charge in [-0.05, 0) is 47.7 Å². The summed E-state index contributed by atoms with van der Waals surface area (Å²) in [5.41, 5.74) is 1.88. The highest BCUT2D eigenvalue weighted by Gasteiger charge is 2.20. The Hall–Kier alpha value is -2.61. The average molecular weight is 457 g/mol. The second-order valence-electron chi connectivity index (χ2n) is 7.62. The van der Waals surface area contributed by atoms with Crippen LogP contribution in [0.2, 0.25) is 0 Å². The monoisotopic (exact) mass is 456 g/mol. The number of anilines is 1. The van der Waals surface area contributed by atoms with Gasteiger partial charge in [0.1, 0.15) is 11.6 Å². The average Bonchev–Trinajstić information content (AvgIpc) is 3.26. The highest BCUT2D eigenvalue weighted by Crippen LogP contribution is 2.29. The van der Waals surface area contributed by atoms with Crippen molar-refractivity contribution >= 4 is 50.6 Å². The van der Waals surface area contributed by atoms with Crippen LogP contribution in [0.3, 0.4) is 0 Å². The van der Waals surface area contributed by atoms with Crippen LogP contribution in [0.15, 0.2) is 52.8 Å². The smallest absolute Gasteiger partial charge is 0.248 e. The van der Waals surface area contributed by atoms with E-state index in [0.29, 0.717) is 0 Å². The fourth-order valence-corrected chi connectivity index (χ4v) is 5.01. The molecular formula is C23H25ClN4O2S. The molecule has 0 atom stereocenters. The number of H-pyrrole nitrogens is 1. The topological polar surface area (TPSA) is 61.5 Å². The summed E-state index contributed by atoms with van der Waals surface area (Å²) in [6.07, 6.45) is 2.75. The number of benzene rings is 1. The SMILES string of the molecule is COc1ccc2[nH]c(=O)cc(CCN3CCN(c4nccc5sccc45)CC3)c2c1.Cl. The third-order valence-corrected chi connectivity index (χ3v) is 6.75. The number of halogens is 1. The largest absolute Gasteiger partial charge is 0.497 e. The lowest BCUT2D eigenvalue weighted by atomic mass is 10.1. The summed E-state index contributed by atoms with van der Waals surface area (Å²) < 4.78 is 6.66. The molecule has 1 N–H and O–H groups in total. The summed E-state index contributed by atoms with van der Waals surface area (Å²) >= 11 is 1.76. The predicted molar refractivity (Wildman–Crippen MR) is 130 cm³/mol. The highest BCUT2D eigenvalue weighted by molar-refractivity contribution is 7.17. The lowest BCUT2D eigenvalue weighted by Gasteiger charge is -2.35. The number of ether oxygens (including phenoxy) is 1. The van der Waals surface area contributed by atoms with Gasteiger partial charge in [-0.15, -0.1) is 23.7 Å². The molecule has 5 rings (SSSR count). The fourth-order valence-electron chi connectivity index (χ4n) is 4.23. The summed E-state index contributed by atoms with van der Waals surface area (Å²) in [5, 5.41) is 4.44. The molecule has 162 valence electrons. The van der Waals surface area contributed by atoms with Gasteiger partial charge in [-0.2, -0.15) is 0 Å². The van der Waals surface area contributed by atoms with Crippen molar-refractivity contribution in [2.45, 2.75) is 6.42 Å². The molecule has 0 radical (unpaired) electrons. The Kier molecular flexibility index (Phi) is 6.46. The Bertz CT molecular complexity index is 1250. The minimum Gasteiger partial charge on any atom is -0.497 e. The minimum absolute atomic E-state index is 0. The van der Waals surface area contributed by atoms with Crippen molar-refractivity contribution in [3.05, 3.63) is 63.9 Å². The Morgan fingerprint density at radius 2 is 1.94 bits per heavy atom. The zero-order valence-corrected chi connectivity index (χ0v) is 19.0. The molecule has 31 heavy (non-hydrogen) atoms. The van der Waals surface area contributed by atoms with E-state index in [4.69, 9.17) is 4.74 Å². The summed E-state index contributed by atoms with van der Waals surface area (Å²) in [4.78, 5) is 24.5. The number of piperazine rings is 1. The number of hydrogen-bond acceptors (Lipinski definition) is 6. The number of aromatic amines is 1. The lowest BCUT2D eigenvalue weighted by molar-refractivity contribution is 0.261. The van der Waals surface area contributed by atoms with E-state index in [-0.39, 0.29) is 18.0 Å². The van der Waals surface area contributed by atoms with Gasteiger partial charge in [0, 0.05) is 66.0 Å². The third kappa shape index (κ3) is 4.39. The van der Waals surface area contributed by atoms with Crippen molar-refractivity contribution in [2.24, 2.45) is 0 Å². The number of methoxy groups -OCH3 is 1. The van der Waals surface area contributed by atoms with Crippen LogP contribution in [0.4, 0.5) is 5.82 Å². The summed E-state index contributed by atoms with van der Waals surface area (Å²) in [7, 11) is 1.66. The zero-order valence-electron chi connectivity index (χ0n) is 17.3. The van der Waals surface area contributed by atoms with Crippen LogP contribution in [0, 0.1) is 0 Å². The molecule has 0 spiro atoms. The van der Waals surface area contributed by atoms with Crippen LogP contribution in [-0.4, -0.2) is 54.7 Å². The number of nitrogens with one attached hydrogen (secondary N) is 1. The van der Waals surface area contributed by atoms with E-state index in [2.05, 4.69) is 37.3 Å². The molecule has 1 saturated heterocycles. The van der Waals surface area contributed by atoms with Crippen molar-refractivity contribution in [3.63, 3.8) is 0 Å². The maximum atomic E-state index is 12.1. The van der Waals surface area contributed by atoms with E-state index in [1.807, 2.05) is 24.4 Å². The van der Waals surface area contributed by atoms with E-state index in [1.165, 1.54) is 10.1 Å². The molecule has 4 heterocycles. The first-order valence-electron chi connectivity index (χ1n) is 10.2. The number of thiophene rings is 1. The Morgan fingerprint density at radius 1 is 1.10 bits per heavy atom. The van der Waals surface area contributed by atoms with Crippen LogP contribution < -0.4 is 15.2 Å². The molecule has 1 fully saturated rings. The fraction of sp³-hybridized carbons (Fsp3) is 0.304. The Balaban J connectivity index is 0.00000231. The van der Waals surface area contributed by atoms with Gasteiger partial charge < -0.3 is 14.6 Å². The molecule has 1 aromatic carbocycles. The van der Waals surface area contributed by atoms with Crippen LogP contribution in [0.5, 0.6) is 5.75 Å². The molecule has 0 unspecified atom stereocenters. The van der Waals surface area contributed by atoms with E-state index in [1.54, 1.807) is 24.5 Å². The molecule has 8 heteroatoms. The van der Waals surface area contributed by atoms with Gasteiger partial charge in [-0.1, -0.05) is 0 Å². The Labute approximate surface area is 190 Å². The van der Waals surface area contributed by atoms with Gasteiger partial charge in [0.2, 0.25) is 5.56 Å². The minimum atomic E-state index is -0.0533. The second-order valence-corrected chi connectivity index (χ2v) is 8.56. The molecule has 4 aromatic rings. The number of hydrogen-bond donors (Lipinski definition) is 1. The van der Waals surface area contributed by atoms with Gasteiger partial charge in [0.25, 0.3) is 0 Å². The van der Waals surface area contributed by atoms with Crippen molar-refractivity contribution in [1.82, 2.24) is 14.9 Å². The van der Waals surface area contributed by atoms with Crippen molar-refractivity contribution < 1.29 is 4.74 Å². The number of aromatic nitrogens is 2. The van der Waals surface area contributed by atoms with Crippen molar-refractivity contribution in [2.75, 3.05) is 44.7 Å². The van der Waals surface area contributed by atoms with Gasteiger partial charge >= 0.3 is 0 Å². The predicted octanol–water partition coefficient (Wildman–Crippen LogP) is 3.93. The van der Waals surface area contributed by atoms with Gasteiger partial charge in [-0.3, -0.25) is 9.69 Å². The van der Waals surface area contributed by atoms with Crippen LogP contribution in [0.1, 0.15) is 5.56 Å². The normalized spacial score (nSPS) is 14.7. The number of fused-ring (bicyclic) bond motifs is 2. The third-order valence-electron chi connectivity index (χ3n) is 5.86.